The number of aromatic nitrogens is 3. The minimum absolute atomic E-state index is 0.223. The van der Waals surface area contributed by atoms with E-state index in [0.29, 0.717) is 5.92 Å². The lowest BCUT2D eigenvalue weighted by atomic mass is 9.81. The molecule has 1 saturated carbocycles. The minimum Gasteiger partial charge on any atom is -0.369 e. The van der Waals surface area contributed by atoms with Gasteiger partial charge in [-0.1, -0.05) is 37.8 Å². The zero-order valence-electron chi connectivity index (χ0n) is 11.8. The standard InChI is InChI=1S/C14H24N4O/c1-2-3-4-5-9-18-14(11-7-6-8-11)12(16-17-18)10-13(15)19/h11H,2-10H2,1H3,(H2,15,19). The summed E-state index contributed by atoms with van der Waals surface area (Å²) < 4.78 is 2.01. The van der Waals surface area contributed by atoms with Gasteiger partial charge in [-0.3, -0.25) is 4.79 Å². The Hall–Kier alpha value is -1.39. The van der Waals surface area contributed by atoms with Crippen molar-refractivity contribution in [3.8, 4) is 0 Å². The van der Waals surface area contributed by atoms with Crippen LogP contribution >= 0.6 is 0 Å². The van der Waals surface area contributed by atoms with Gasteiger partial charge in [0.05, 0.1) is 17.8 Å². The summed E-state index contributed by atoms with van der Waals surface area (Å²) in [6.07, 6.45) is 8.73. The molecule has 0 saturated heterocycles. The third-order valence-corrected chi connectivity index (χ3v) is 3.90. The highest BCUT2D eigenvalue weighted by Crippen LogP contribution is 2.37. The number of unbranched alkanes of at least 4 members (excludes halogenated alkanes) is 3. The molecule has 5 nitrogen and oxygen atoms in total. The lowest BCUT2D eigenvalue weighted by Gasteiger charge is -2.26. The second-order valence-corrected chi connectivity index (χ2v) is 5.48. The van der Waals surface area contributed by atoms with E-state index in [1.807, 2.05) is 4.68 Å². The molecule has 0 spiro atoms. The predicted molar refractivity (Wildman–Crippen MR) is 73.7 cm³/mol. The first kappa shape index (κ1) is 14.0. The lowest BCUT2D eigenvalue weighted by Crippen LogP contribution is -2.20. The van der Waals surface area contributed by atoms with Crippen LogP contribution in [0.4, 0.5) is 0 Å². The molecule has 106 valence electrons. The summed E-state index contributed by atoms with van der Waals surface area (Å²) in [4.78, 5) is 11.1. The number of nitrogens with zero attached hydrogens (tertiary/aromatic N) is 3. The number of aryl methyl sites for hydroxylation is 1. The molecule has 2 N–H and O–H groups in total. The van der Waals surface area contributed by atoms with Gasteiger partial charge in [-0.05, 0) is 19.3 Å². The maximum atomic E-state index is 11.1. The first-order valence-electron chi connectivity index (χ1n) is 7.43. The maximum Gasteiger partial charge on any atom is 0.223 e. The van der Waals surface area contributed by atoms with Gasteiger partial charge in [0.25, 0.3) is 0 Å². The van der Waals surface area contributed by atoms with Gasteiger partial charge >= 0.3 is 0 Å². The number of hydrogen-bond acceptors (Lipinski definition) is 3. The number of nitrogens with two attached hydrogens (primary N) is 1. The zero-order valence-corrected chi connectivity index (χ0v) is 11.8. The van der Waals surface area contributed by atoms with Crippen LogP contribution < -0.4 is 5.73 Å². The molecule has 0 atom stereocenters. The van der Waals surface area contributed by atoms with E-state index in [2.05, 4.69) is 17.2 Å². The fraction of sp³-hybridized carbons (Fsp3) is 0.786. The van der Waals surface area contributed by atoms with Crippen molar-refractivity contribution in [2.45, 2.75) is 70.8 Å². The minimum atomic E-state index is -0.321. The zero-order chi connectivity index (χ0) is 13.7. The summed E-state index contributed by atoms with van der Waals surface area (Å²) in [6.45, 7) is 3.12. The van der Waals surface area contributed by atoms with Crippen LogP contribution in [0.1, 0.15) is 69.2 Å². The maximum absolute atomic E-state index is 11.1. The average molecular weight is 264 g/mol. The van der Waals surface area contributed by atoms with Crippen molar-refractivity contribution in [2.24, 2.45) is 5.73 Å². The Bertz CT molecular complexity index is 423. The van der Waals surface area contributed by atoms with Gasteiger partial charge in [-0.2, -0.15) is 0 Å². The van der Waals surface area contributed by atoms with Crippen molar-refractivity contribution in [3.05, 3.63) is 11.4 Å². The Balaban J connectivity index is 2.04. The highest BCUT2D eigenvalue weighted by Gasteiger charge is 2.27. The molecule has 1 aliphatic rings. The molecule has 1 fully saturated rings. The first-order chi connectivity index (χ1) is 9.22. The van der Waals surface area contributed by atoms with E-state index in [4.69, 9.17) is 5.73 Å². The molecule has 1 aromatic rings. The largest absolute Gasteiger partial charge is 0.369 e. The molecule has 1 heterocycles. The van der Waals surface area contributed by atoms with Crippen LogP contribution in [0.5, 0.6) is 0 Å². The van der Waals surface area contributed by atoms with Gasteiger partial charge in [-0.25, -0.2) is 4.68 Å². The number of hydrogen-bond donors (Lipinski definition) is 1. The molecule has 0 radical (unpaired) electrons. The van der Waals surface area contributed by atoms with Crippen molar-refractivity contribution in [1.29, 1.82) is 0 Å². The van der Waals surface area contributed by atoms with Crippen molar-refractivity contribution < 1.29 is 4.79 Å². The smallest absolute Gasteiger partial charge is 0.223 e. The highest BCUT2D eigenvalue weighted by molar-refractivity contribution is 5.76. The van der Waals surface area contributed by atoms with E-state index >= 15 is 0 Å². The molecular weight excluding hydrogens is 240 g/mol. The van der Waals surface area contributed by atoms with Crippen molar-refractivity contribution in [1.82, 2.24) is 15.0 Å². The van der Waals surface area contributed by atoms with E-state index < -0.39 is 0 Å². The van der Waals surface area contributed by atoms with E-state index in [9.17, 15) is 4.79 Å². The Morgan fingerprint density at radius 1 is 1.37 bits per heavy atom. The quantitative estimate of drug-likeness (QED) is 0.731. The molecule has 0 aliphatic heterocycles. The van der Waals surface area contributed by atoms with E-state index in [0.717, 1.165) is 18.7 Å². The number of primary amides is 1. The van der Waals surface area contributed by atoms with Gasteiger partial charge < -0.3 is 5.73 Å². The van der Waals surface area contributed by atoms with Gasteiger partial charge in [-0.15, -0.1) is 5.10 Å². The second kappa shape index (κ2) is 6.68. The van der Waals surface area contributed by atoms with Gasteiger partial charge in [0.1, 0.15) is 0 Å². The first-order valence-corrected chi connectivity index (χ1v) is 7.43. The molecule has 0 unspecified atom stereocenters. The summed E-state index contributed by atoms with van der Waals surface area (Å²) >= 11 is 0. The molecule has 5 heteroatoms. The highest BCUT2D eigenvalue weighted by atomic mass is 16.1. The summed E-state index contributed by atoms with van der Waals surface area (Å²) in [5.74, 6) is 0.217. The number of carbonyl (C=O) groups is 1. The molecule has 1 aromatic heterocycles. The Morgan fingerprint density at radius 3 is 2.74 bits per heavy atom. The van der Waals surface area contributed by atoms with Crippen LogP contribution in [-0.2, 0) is 17.8 Å². The number of amides is 1. The average Bonchev–Trinajstić information content (AvgIpc) is 2.66. The van der Waals surface area contributed by atoms with Gasteiger partial charge in [0.2, 0.25) is 5.91 Å². The number of rotatable bonds is 8. The summed E-state index contributed by atoms with van der Waals surface area (Å²) in [5.41, 5.74) is 7.25. The summed E-state index contributed by atoms with van der Waals surface area (Å²) in [7, 11) is 0. The third kappa shape index (κ3) is 3.55. The molecule has 0 aromatic carbocycles. The van der Waals surface area contributed by atoms with Crippen LogP contribution in [0.25, 0.3) is 0 Å². The van der Waals surface area contributed by atoms with E-state index in [1.165, 1.54) is 44.2 Å². The Labute approximate surface area is 114 Å². The van der Waals surface area contributed by atoms with E-state index in [-0.39, 0.29) is 12.3 Å². The second-order valence-electron chi connectivity index (χ2n) is 5.48. The Kier molecular flexibility index (Phi) is 4.93. The molecule has 1 aliphatic carbocycles. The number of carbonyl (C=O) groups excluding carboxylic acids is 1. The van der Waals surface area contributed by atoms with E-state index in [1.54, 1.807) is 0 Å². The van der Waals surface area contributed by atoms with Crippen LogP contribution in [0.15, 0.2) is 0 Å². The predicted octanol–water partition coefficient (Wildman–Crippen LogP) is 2.15. The molecule has 0 bridgehead atoms. The SMILES string of the molecule is CCCCCCn1nnc(CC(N)=O)c1C1CCC1. The summed E-state index contributed by atoms with van der Waals surface area (Å²) in [5, 5.41) is 8.40. The molecule has 2 rings (SSSR count). The normalized spacial score (nSPS) is 15.4. The molecular formula is C14H24N4O. The third-order valence-electron chi connectivity index (χ3n) is 3.90. The van der Waals surface area contributed by atoms with Crippen molar-refractivity contribution >= 4 is 5.91 Å². The lowest BCUT2D eigenvalue weighted by molar-refractivity contribution is -0.117. The topological polar surface area (TPSA) is 73.8 Å². The Morgan fingerprint density at radius 2 is 2.16 bits per heavy atom. The fourth-order valence-corrected chi connectivity index (χ4v) is 2.63. The monoisotopic (exact) mass is 264 g/mol. The molecule has 19 heavy (non-hydrogen) atoms. The fourth-order valence-electron chi connectivity index (χ4n) is 2.63. The molecule has 1 amide bonds. The van der Waals surface area contributed by atoms with Crippen LogP contribution in [0.3, 0.4) is 0 Å². The van der Waals surface area contributed by atoms with Crippen LogP contribution in [-0.4, -0.2) is 20.9 Å². The van der Waals surface area contributed by atoms with Crippen molar-refractivity contribution in [2.75, 3.05) is 0 Å². The summed E-state index contributed by atoms with van der Waals surface area (Å²) in [6, 6.07) is 0. The van der Waals surface area contributed by atoms with Gasteiger partial charge in [0, 0.05) is 12.5 Å². The van der Waals surface area contributed by atoms with Gasteiger partial charge in [0.15, 0.2) is 0 Å². The van der Waals surface area contributed by atoms with Crippen LogP contribution in [0, 0.1) is 0 Å². The van der Waals surface area contributed by atoms with Crippen molar-refractivity contribution in [3.63, 3.8) is 0 Å². The van der Waals surface area contributed by atoms with Crippen LogP contribution in [0.2, 0.25) is 0 Å².